The van der Waals surface area contributed by atoms with E-state index in [1.165, 1.54) is 17.1 Å². The third kappa shape index (κ3) is 2.92. The number of nitrogens with two attached hydrogens (primary N) is 1. The second-order valence-corrected chi connectivity index (χ2v) is 5.61. The highest BCUT2D eigenvalue weighted by Crippen LogP contribution is 2.24. The van der Waals surface area contributed by atoms with Gasteiger partial charge in [-0.2, -0.15) is 11.8 Å². The zero-order valence-electron chi connectivity index (χ0n) is 9.23. The first-order valence-corrected chi connectivity index (χ1v) is 7.12. The van der Waals surface area contributed by atoms with Crippen LogP contribution in [-0.2, 0) is 0 Å². The highest BCUT2D eigenvalue weighted by atomic mass is 35.5. The third-order valence-corrected chi connectivity index (χ3v) is 4.16. The van der Waals surface area contributed by atoms with Crippen molar-refractivity contribution >= 4 is 23.4 Å². The maximum atomic E-state index is 5.90. The average molecular weight is 257 g/mol. The van der Waals surface area contributed by atoms with Gasteiger partial charge in [-0.05, 0) is 17.7 Å². The third-order valence-electron chi connectivity index (χ3n) is 2.96. The van der Waals surface area contributed by atoms with Crippen molar-refractivity contribution in [3.63, 3.8) is 0 Å². The number of nitrogens with zero attached hydrogens (tertiary/aromatic N) is 1. The van der Waals surface area contributed by atoms with E-state index in [0.29, 0.717) is 12.6 Å². The molecule has 1 atom stereocenters. The summed E-state index contributed by atoms with van der Waals surface area (Å²) in [7, 11) is 0. The van der Waals surface area contributed by atoms with Gasteiger partial charge in [-0.1, -0.05) is 23.7 Å². The minimum absolute atomic E-state index is 0.346. The topological polar surface area (TPSA) is 29.3 Å². The predicted molar refractivity (Wildman–Crippen MR) is 72.1 cm³/mol. The van der Waals surface area contributed by atoms with Crippen molar-refractivity contribution in [1.29, 1.82) is 0 Å². The van der Waals surface area contributed by atoms with E-state index in [1.807, 2.05) is 23.9 Å². The average Bonchev–Trinajstić information content (AvgIpc) is 2.34. The first-order valence-electron chi connectivity index (χ1n) is 5.58. The smallest absolute Gasteiger partial charge is 0.0471 e. The van der Waals surface area contributed by atoms with Crippen LogP contribution in [0.1, 0.15) is 11.6 Å². The quantitative estimate of drug-likeness (QED) is 0.901. The summed E-state index contributed by atoms with van der Waals surface area (Å²) < 4.78 is 0. The maximum Gasteiger partial charge on any atom is 0.0471 e. The van der Waals surface area contributed by atoms with Crippen LogP contribution in [0, 0.1) is 0 Å². The van der Waals surface area contributed by atoms with Crippen LogP contribution in [0.4, 0.5) is 0 Å². The molecule has 1 aromatic rings. The van der Waals surface area contributed by atoms with E-state index in [0.717, 1.165) is 18.1 Å². The van der Waals surface area contributed by atoms with Gasteiger partial charge in [0, 0.05) is 42.2 Å². The Morgan fingerprint density at radius 3 is 2.44 bits per heavy atom. The van der Waals surface area contributed by atoms with Gasteiger partial charge in [0.2, 0.25) is 0 Å². The number of rotatable bonds is 3. The Balaban J connectivity index is 2.11. The van der Waals surface area contributed by atoms with Gasteiger partial charge in [-0.15, -0.1) is 0 Å². The Hall–Kier alpha value is -0.220. The molecule has 1 heterocycles. The molecule has 4 heteroatoms. The molecule has 0 spiro atoms. The van der Waals surface area contributed by atoms with Crippen molar-refractivity contribution in [2.45, 2.75) is 6.04 Å². The summed E-state index contributed by atoms with van der Waals surface area (Å²) in [5.74, 6) is 2.42. The predicted octanol–water partition coefficient (Wildman–Crippen LogP) is 2.39. The molecule has 0 aromatic heterocycles. The summed E-state index contributed by atoms with van der Waals surface area (Å²) >= 11 is 7.92. The molecule has 1 saturated heterocycles. The number of thioether (sulfide) groups is 1. The van der Waals surface area contributed by atoms with Gasteiger partial charge >= 0.3 is 0 Å². The Morgan fingerprint density at radius 2 is 1.88 bits per heavy atom. The Kier molecular flexibility index (Phi) is 4.53. The fraction of sp³-hybridized carbons (Fsp3) is 0.500. The molecule has 0 bridgehead atoms. The molecule has 0 amide bonds. The Morgan fingerprint density at radius 1 is 1.25 bits per heavy atom. The highest BCUT2D eigenvalue weighted by Gasteiger charge is 2.20. The SMILES string of the molecule is NCC(c1ccc(Cl)cc1)N1CCSCC1. The Labute approximate surface area is 106 Å². The van der Waals surface area contributed by atoms with Crippen LogP contribution in [0.3, 0.4) is 0 Å². The summed E-state index contributed by atoms with van der Waals surface area (Å²) in [6, 6.07) is 8.40. The molecule has 16 heavy (non-hydrogen) atoms. The van der Waals surface area contributed by atoms with Crippen molar-refractivity contribution in [2.24, 2.45) is 5.73 Å². The lowest BCUT2D eigenvalue weighted by Crippen LogP contribution is -2.39. The largest absolute Gasteiger partial charge is 0.329 e. The van der Waals surface area contributed by atoms with Crippen molar-refractivity contribution in [1.82, 2.24) is 4.90 Å². The van der Waals surface area contributed by atoms with Crippen molar-refractivity contribution in [2.75, 3.05) is 31.1 Å². The molecular weight excluding hydrogens is 240 g/mol. The van der Waals surface area contributed by atoms with Crippen LogP contribution in [0.15, 0.2) is 24.3 Å². The molecule has 1 aromatic carbocycles. The van der Waals surface area contributed by atoms with E-state index >= 15 is 0 Å². The summed E-state index contributed by atoms with van der Waals surface area (Å²) in [6.45, 7) is 2.94. The van der Waals surface area contributed by atoms with E-state index in [1.54, 1.807) is 0 Å². The number of halogens is 1. The second-order valence-electron chi connectivity index (χ2n) is 3.95. The lowest BCUT2D eigenvalue weighted by Gasteiger charge is -2.33. The first kappa shape index (κ1) is 12.2. The minimum Gasteiger partial charge on any atom is -0.329 e. The van der Waals surface area contributed by atoms with Gasteiger partial charge in [-0.3, -0.25) is 4.90 Å². The molecule has 2 rings (SSSR count). The highest BCUT2D eigenvalue weighted by molar-refractivity contribution is 7.99. The van der Waals surface area contributed by atoms with Crippen molar-refractivity contribution < 1.29 is 0 Å². The number of hydrogen-bond donors (Lipinski definition) is 1. The first-order chi connectivity index (χ1) is 7.81. The molecule has 0 saturated carbocycles. The molecule has 0 aliphatic carbocycles. The molecule has 1 aliphatic rings. The fourth-order valence-electron chi connectivity index (χ4n) is 2.07. The standard InChI is InChI=1S/C12H17ClN2S/c13-11-3-1-10(2-4-11)12(9-14)15-5-7-16-8-6-15/h1-4,12H,5-9,14H2. The number of benzene rings is 1. The molecule has 2 nitrogen and oxygen atoms in total. The molecular formula is C12H17ClN2S. The number of hydrogen-bond acceptors (Lipinski definition) is 3. The monoisotopic (exact) mass is 256 g/mol. The zero-order valence-corrected chi connectivity index (χ0v) is 10.8. The van der Waals surface area contributed by atoms with Crippen LogP contribution in [-0.4, -0.2) is 36.0 Å². The molecule has 88 valence electrons. The fourth-order valence-corrected chi connectivity index (χ4v) is 3.13. The molecule has 1 unspecified atom stereocenters. The second kappa shape index (κ2) is 5.92. The lowest BCUT2D eigenvalue weighted by atomic mass is 10.1. The van der Waals surface area contributed by atoms with Crippen molar-refractivity contribution in [3.05, 3.63) is 34.9 Å². The van der Waals surface area contributed by atoms with Gasteiger partial charge in [0.25, 0.3) is 0 Å². The van der Waals surface area contributed by atoms with Crippen LogP contribution in [0.5, 0.6) is 0 Å². The van der Waals surface area contributed by atoms with E-state index in [2.05, 4.69) is 17.0 Å². The van der Waals surface area contributed by atoms with Gasteiger partial charge in [0.05, 0.1) is 0 Å². The van der Waals surface area contributed by atoms with Gasteiger partial charge < -0.3 is 5.73 Å². The van der Waals surface area contributed by atoms with E-state index < -0.39 is 0 Å². The summed E-state index contributed by atoms with van der Waals surface area (Å²) in [5.41, 5.74) is 7.17. The molecule has 1 fully saturated rings. The van der Waals surface area contributed by atoms with Gasteiger partial charge in [-0.25, -0.2) is 0 Å². The van der Waals surface area contributed by atoms with E-state index in [4.69, 9.17) is 17.3 Å². The summed E-state index contributed by atoms with van der Waals surface area (Å²) in [5, 5.41) is 0.786. The van der Waals surface area contributed by atoms with E-state index in [-0.39, 0.29) is 0 Å². The molecule has 1 aliphatic heterocycles. The maximum absolute atomic E-state index is 5.90. The van der Waals surface area contributed by atoms with Gasteiger partial charge in [0.15, 0.2) is 0 Å². The Bertz CT molecular complexity index is 322. The molecule has 2 N–H and O–H groups in total. The van der Waals surface area contributed by atoms with Crippen LogP contribution in [0.2, 0.25) is 5.02 Å². The lowest BCUT2D eigenvalue weighted by molar-refractivity contribution is 0.223. The van der Waals surface area contributed by atoms with Crippen LogP contribution in [0.25, 0.3) is 0 Å². The zero-order chi connectivity index (χ0) is 11.4. The van der Waals surface area contributed by atoms with E-state index in [9.17, 15) is 0 Å². The van der Waals surface area contributed by atoms with Gasteiger partial charge in [0.1, 0.15) is 0 Å². The minimum atomic E-state index is 0.346. The van der Waals surface area contributed by atoms with Crippen molar-refractivity contribution in [3.8, 4) is 0 Å². The summed E-state index contributed by atoms with van der Waals surface area (Å²) in [4.78, 5) is 2.47. The summed E-state index contributed by atoms with van der Waals surface area (Å²) in [6.07, 6.45) is 0. The molecule has 0 radical (unpaired) electrons. The van der Waals surface area contributed by atoms with Crippen LogP contribution < -0.4 is 5.73 Å². The normalized spacial score (nSPS) is 19.6. The van der Waals surface area contributed by atoms with Crippen LogP contribution >= 0.6 is 23.4 Å².